The minimum atomic E-state index is -4.96. The summed E-state index contributed by atoms with van der Waals surface area (Å²) in [5.74, 6) is 0.260. The van der Waals surface area contributed by atoms with Gasteiger partial charge in [-0.05, 0) is 43.4 Å². The molecular formula is C80H156O17P2. The smallest absolute Gasteiger partial charge is 0.462 e. The topological polar surface area (TPSA) is 237 Å². The summed E-state index contributed by atoms with van der Waals surface area (Å²) in [5, 5.41) is 10.6. The van der Waals surface area contributed by atoms with E-state index in [4.69, 9.17) is 37.0 Å². The summed E-state index contributed by atoms with van der Waals surface area (Å²) in [5.41, 5.74) is 0. The fraction of sp³-hybridized carbons (Fsp3) is 0.950. The molecule has 0 radical (unpaired) electrons. The van der Waals surface area contributed by atoms with Crippen LogP contribution in [0, 0.1) is 17.8 Å². The van der Waals surface area contributed by atoms with Crippen molar-refractivity contribution in [2.24, 2.45) is 17.8 Å². The van der Waals surface area contributed by atoms with Gasteiger partial charge >= 0.3 is 39.5 Å². The molecule has 0 fully saturated rings. The molecule has 0 aromatic carbocycles. The van der Waals surface area contributed by atoms with Crippen molar-refractivity contribution in [3.8, 4) is 0 Å². The molecule has 19 heteroatoms. The normalized spacial score (nSPS) is 14.5. The Morgan fingerprint density at radius 1 is 0.293 bits per heavy atom. The van der Waals surface area contributed by atoms with Crippen molar-refractivity contribution < 1.29 is 80.2 Å². The zero-order chi connectivity index (χ0) is 73.0. The molecule has 3 N–H and O–H groups in total. The lowest BCUT2D eigenvalue weighted by Crippen LogP contribution is -2.30. The number of phosphoric ester groups is 2. The molecule has 0 aromatic heterocycles. The van der Waals surface area contributed by atoms with E-state index < -0.39 is 97.5 Å². The molecule has 0 heterocycles. The van der Waals surface area contributed by atoms with Crippen LogP contribution in [-0.2, 0) is 65.4 Å². The maximum atomic E-state index is 13.1. The van der Waals surface area contributed by atoms with E-state index in [1.54, 1.807) is 0 Å². The van der Waals surface area contributed by atoms with E-state index >= 15 is 0 Å². The van der Waals surface area contributed by atoms with E-state index in [0.29, 0.717) is 25.7 Å². The SMILES string of the molecule is CCCCCCCCCCCCCCCCCCCCC(=O)O[C@H](COC(=O)CCCCCCCCCCCCC(C)CC)COP(=O)(O)OC[C@@H](O)COP(=O)(O)OC[C@@H](COC(=O)CCCCCCCCCCCCC(C)C)OC(=O)CCCCCCCCCCCCC(C)CC. The number of carbonyl (C=O) groups excluding carboxylic acids is 4. The minimum absolute atomic E-state index is 0.106. The lowest BCUT2D eigenvalue weighted by Gasteiger charge is -2.21. The maximum Gasteiger partial charge on any atom is 0.472 e. The summed E-state index contributed by atoms with van der Waals surface area (Å²) in [6.45, 7) is 12.0. The lowest BCUT2D eigenvalue weighted by molar-refractivity contribution is -0.161. The van der Waals surface area contributed by atoms with Crippen LogP contribution in [0.25, 0.3) is 0 Å². The summed E-state index contributed by atoms with van der Waals surface area (Å²) in [6.07, 6.45) is 58.0. The van der Waals surface area contributed by atoms with Crippen LogP contribution >= 0.6 is 15.6 Å². The summed E-state index contributed by atoms with van der Waals surface area (Å²) in [6, 6.07) is 0. The molecule has 4 unspecified atom stereocenters. The second-order valence-electron chi connectivity index (χ2n) is 29.8. The first-order chi connectivity index (χ1) is 47.8. The maximum absolute atomic E-state index is 13.1. The second kappa shape index (κ2) is 70.4. The average molecular weight is 1450 g/mol. The molecule has 0 aliphatic carbocycles. The molecule has 0 amide bonds. The van der Waals surface area contributed by atoms with Gasteiger partial charge in [0.05, 0.1) is 26.4 Å². The third-order valence-electron chi connectivity index (χ3n) is 19.4. The van der Waals surface area contributed by atoms with E-state index in [0.717, 1.165) is 108 Å². The van der Waals surface area contributed by atoms with Gasteiger partial charge in [-0.2, -0.15) is 0 Å². The molecule has 0 aliphatic heterocycles. The van der Waals surface area contributed by atoms with Crippen molar-refractivity contribution in [3.05, 3.63) is 0 Å². The van der Waals surface area contributed by atoms with Crippen LogP contribution in [0.5, 0.6) is 0 Å². The Balaban J connectivity index is 5.28. The molecule has 7 atom stereocenters. The molecule has 0 spiro atoms. The number of aliphatic hydroxyl groups excluding tert-OH is 1. The molecule has 588 valence electrons. The molecule has 0 bridgehead atoms. The van der Waals surface area contributed by atoms with Gasteiger partial charge in [0, 0.05) is 25.7 Å². The third-order valence-corrected chi connectivity index (χ3v) is 21.3. The summed E-state index contributed by atoms with van der Waals surface area (Å²) < 4.78 is 68.7. The van der Waals surface area contributed by atoms with Crippen LogP contribution < -0.4 is 0 Å². The highest BCUT2D eigenvalue weighted by Gasteiger charge is 2.30. The Hall–Kier alpha value is -1.94. The van der Waals surface area contributed by atoms with Gasteiger partial charge in [-0.3, -0.25) is 37.3 Å². The molecule has 0 rings (SSSR count). The number of hydrogen-bond acceptors (Lipinski definition) is 15. The monoisotopic (exact) mass is 1450 g/mol. The van der Waals surface area contributed by atoms with Crippen LogP contribution in [0.2, 0.25) is 0 Å². The molecule has 0 aromatic rings. The first-order valence-electron chi connectivity index (χ1n) is 41.4. The van der Waals surface area contributed by atoms with Crippen molar-refractivity contribution >= 4 is 39.5 Å². The van der Waals surface area contributed by atoms with Crippen molar-refractivity contribution in [2.75, 3.05) is 39.6 Å². The Labute approximate surface area is 607 Å². The highest BCUT2D eigenvalue weighted by Crippen LogP contribution is 2.45. The van der Waals surface area contributed by atoms with E-state index in [1.165, 1.54) is 225 Å². The zero-order valence-corrected chi connectivity index (χ0v) is 66.8. The number of carbonyl (C=O) groups is 4. The first kappa shape index (κ1) is 97.1. The molecule has 0 saturated carbocycles. The fourth-order valence-electron chi connectivity index (χ4n) is 12.2. The van der Waals surface area contributed by atoms with Gasteiger partial charge in [-0.25, -0.2) is 9.13 Å². The Morgan fingerprint density at radius 3 is 0.768 bits per heavy atom. The van der Waals surface area contributed by atoms with Gasteiger partial charge in [0.15, 0.2) is 12.2 Å². The van der Waals surface area contributed by atoms with Crippen LogP contribution in [0.15, 0.2) is 0 Å². The van der Waals surface area contributed by atoms with Crippen molar-refractivity contribution in [3.63, 3.8) is 0 Å². The van der Waals surface area contributed by atoms with Gasteiger partial charge < -0.3 is 33.8 Å². The summed E-state index contributed by atoms with van der Waals surface area (Å²) in [4.78, 5) is 73.0. The minimum Gasteiger partial charge on any atom is -0.462 e. The van der Waals surface area contributed by atoms with E-state index in [1.807, 2.05) is 0 Å². The molecule has 0 saturated heterocycles. The van der Waals surface area contributed by atoms with Gasteiger partial charge in [0.25, 0.3) is 0 Å². The largest absolute Gasteiger partial charge is 0.472 e. The third kappa shape index (κ3) is 71.5. The number of hydrogen-bond donors (Lipinski definition) is 3. The number of ether oxygens (including phenoxy) is 4. The molecular weight excluding hydrogens is 1290 g/mol. The standard InChI is InChI=1S/C80H156O17P2/c1-8-11-12-13-14-15-16-17-18-19-20-21-22-23-35-42-49-56-63-79(84)96-75(67-91-78(83)62-55-48-41-34-28-25-31-38-45-52-59-72(6)9-2)69-94-98(86,87)92-65-74(81)66-93-99(88,89)95-70-76(68-90-77(82)61-54-47-40-33-27-24-30-37-44-51-58-71(4)5)97-80(85)64-57-50-43-36-29-26-32-39-46-53-60-73(7)10-3/h71-76,81H,8-70H2,1-7H3,(H,86,87)(H,88,89)/t72?,73?,74-,75-,76-/m1/s1. The molecule has 0 aliphatic rings. The Kier molecular flexibility index (Phi) is 69.0. The highest BCUT2D eigenvalue weighted by molar-refractivity contribution is 7.47. The van der Waals surface area contributed by atoms with Crippen LogP contribution in [-0.4, -0.2) is 96.7 Å². The van der Waals surface area contributed by atoms with Gasteiger partial charge in [-0.15, -0.1) is 0 Å². The van der Waals surface area contributed by atoms with Crippen LogP contribution in [0.1, 0.15) is 414 Å². The molecule has 17 nitrogen and oxygen atoms in total. The Morgan fingerprint density at radius 2 is 0.515 bits per heavy atom. The highest BCUT2D eigenvalue weighted by atomic mass is 31.2. The molecule has 99 heavy (non-hydrogen) atoms. The van der Waals surface area contributed by atoms with Gasteiger partial charge in [0.2, 0.25) is 0 Å². The van der Waals surface area contributed by atoms with Gasteiger partial charge in [0.1, 0.15) is 19.3 Å². The predicted molar refractivity (Wildman–Crippen MR) is 405 cm³/mol. The quantitative estimate of drug-likeness (QED) is 0.0222. The number of phosphoric acid groups is 2. The van der Waals surface area contributed by atoms with Gasteiger partial charge in [-0.1, -0.05) is 363 Å². The summed E-state index contributed by atoms with van der Waals surface area (Å²) in [7, 11) is -9.92. The van der Waals surface area contributed by atoms with Crippen molar-refractivity contribution in [1.82, 2.24) is 0 Å². The first-order valence-corrected chi connectivity index (χ1v) is 44.4. The van der Waals surface area contributed by atoms with E-state index in [-0.39, 0.29) is 25.7 Å². The Bertz CT molecular complexity index is 1930. The average Bonchev–Trinajstić information content (AvgIpc) is 1.17. The number of aliphatic hydroxyl groups is 1. The number of unbranched alkanes of at least 4 members (excludes halogenated alkanes) is 44. The summed E-state index contributed by atoms with van der Waals surface area (Å²) >= 11 is 0. The van der Waals surface area contributed by atoms with E-state index in [9.17, 15) is 43.2 Å². The van der Waals surface area contributed by atoms with Crippen molar-refractivity contribution in [2.45, 2.75) is 433 Å². The second-order valence-corrected chi connectivity index (χ2v) is 32.7. The van der Waals surface area contributed by atoms with Crippen LogP contribution in [0.3, 0.4) is 0 Å². The number of rotatable bonds is 78. The van der Waals surface area contributed by atoms with Crippen LogP contribution in [0.4, 0.5) is 0 Å². The van der Waals surface area contributed by atoms with E-state index in [2.05, 4.69) is 48.5 Å². The fourth-order valence-corrected chi connectivity index (χ4v) is 13.8. The zero-order valence-electron chi connectivity index (χ0n) is 65.0. The predicted octanol–water partition coefficient (Wildman–Crippen LogP) is 23.7. The number of esters is 4. The van der Waals surface area contributed by atoms with Crippen molar-refractivity contribution in [1.29, 1.82) is 0 Å². The lowest BCUT2D eigenvalue weighted by atomic mass is 9.99.